The minimum Gasteiger partial charge on any atom is -0.311 e. The second kappa shape index (κ2) is 7.24. The number of hydrogen-bond donors (Lipinski definition) is 0. The summed E-state index contributed by atoms with van der Waals surface area (Å²) in [5.41, 5.74) is 1.05. The van der Waals surface area contributed by atoms with Crippen LogP contribution in [0.4, 0.5) is 0 Å². The van der Waals surface area contributed by atoms with Crippen LogP contribution in [0.5, 0.6) is 0 Å². The van der Waals surface area contributed by atoms with Crippen LogP contribution >= 0.6 is 7.60 Å². The standard InChI is InChI=1S/C17H17O3P/c1-19-21(18,20-2)17(16-11-7-4-8-12-16)14-13-15-9-5-3-6-10-15/h3-12,17H,1-2H3. The molecule has 2 aromatic carbocycles. The predicted octanol–water partition coefficient (Wildman–Crippen LogP) is 4.27. The third-order valence-corrected chi connectivity index (χ3v) is 5.15. The lowest BCUT2D eigenvalue weighted by atomic mass is 10.1. The van der Waals surface area contributed by atoms with Crippen LogP contribution in [0.2, 0.25) is 0 Å². The Hall–Kier alpha value is -1.85. The van der Waals surface area contributed by atoms with E-state index < -0.39 is 13.3 Å². The molecule has 0 aromatic heterocycles. The molecular formula is C17H17O3P. The Morgan fingerprint density at radius 2 is 1.43 bits per heavy atom. The molecule has 0 aliphatic rings. The average molecular weight is 300 g/mol. The van der Waals surface area contributed by atoms with Crippen molar-refractivity contribution in [3.8, 4) is 11.8 Å². The molecule has 1 atom stereocenters. The summed E-state index contributed by atoms with van der Waals surface area (Å²) in [6.07, 6.45) is 0. The Morgan fingerprint density at radius 3 is 1.95 bits per heavy atom. The van der Waals surface area contributed by atoms with Crippen LogP contribution in [-0.4, -0.2) is 14.2 Å². The monoisotopic (exact) mass is 300 g/mol. The molecule has 2 aromatic rings. The summed E-state index contributed by atoms with van der Waals surface area (Å²) in [5, 5.41) is 0. The van der Waals surface area contributed by atoms with Crippen LogP contribution in [-0.2, 0) is 13.6 Å². The third kappa shape index (κ3) is 3.83. The maximum Gasteiger partial charge on any atom is 0.349 e. The normalized spacial score (nSPS) is 12.3. The highest BCUT2D eigenvalue weighted by Gasteiger charge is 2.34. The largest absolute Gasteiger partial charge is 0.349 e. The van der Waals surface area contributed by atoms with E-state index in [2.05, 4.69) is 11.8 Å². The van der Waals surface area contributed by atoms with Crippen molar-refractivity contribution in [2.75, 3.05) is 14.2 Å². The molecule has 3 nitrogen and oxygen atoms in total. The minimum absolute atomic E-state index is 0.617. The van der Waals surface area contributed by atoms with E-state index >= 15 is 0 Å². The van der Waals surface area contributed by atoms with Gasteiger partial charge in [-0.25, -0.2) is 0 Å². The van der Waals surface area contributed by atoms with Crippen LogP contribution < -0.4 is 0 Å². The molecule has 0 spiro atoms. The summed E-state index contributed by atoms with van der Waals surface area (Å²) in [6.45, 7) is 0. The molecule has 0 saturated carbocycles. The quantitative estimate of drug-likeness (QED) is 0.625. The zero-order chi connectivity index (χ0) is 15.1. The van der Waals surface area contributed by atoms with Gasteiger partial charge in [0.1, 0.15) is 5.66 Å². The topological polar surface area (TPSA) is 35.5 Å². The van der Waals surface area contributed by atoms with Crippen LogP contribution in [0, 0.1) is 11.8 Å². The Morgan fingerprint density at radius 1 is 0.905 bits per heavy atom. The fourth-order valence-electron chi connectivity index (χ4n) is 1.94. The molecule has 1 unspecified atom stereocenters. The molecule has 0 heterocycles. The summed E-state index contributed by atoms with van der Waals surface area (Å²) in [7, 11) is -0.565. The second-order valence-corrected chi connectivity index (χ2v) is 6.68. The van der Waals surface area contributed by atoms with Gasteiger partial charge in [0.25, 0.3) is 0 Å². The lowest BCUT2D eigenvalue weighted by Gasteiger charge is -2.20. The van der Waals surface area contributed by atoms with Gasteiger partial charge in [-0.15, -0.1) is 0 Å². The van der Waals surface area contributed by atoms with Crippen molar-refractivity contribution >= 4 is 7.60 Å². The van der Waals surface area contributed by atoms with E-state index in [1.165, 1.54) is 14.2 Å². The molecule has 0 saturated heterocycles. The molecule has 21 heavy (non-hydrogen) atoms. The maximum absolute atomic E-state index is 12.7. The molecule has 0 bridgehead atoms. The van der Waals surface area contributed by atoms with Gasteiger partial charge in [0.2, 0.25) is 0 Å². The fraction of sp³-hybridized carbons (Fsp3) is 0.176. The molecule has 4 heteroatoms. The molecule has 0 N–H and O–H groups in total. The van der Waals surface area contributed by atoms with E-state index in [-0.39, 0.29) is 0 Å². The molecule has 0 fully saturated rings. The molecule has 108 valence electrons. The molecule has 2 rings (SSSR count). The molecular weight excluding hydrogens is 283 g/mol. The predicted molar refractivity (Wildman–Crippen MR) is 84.1 cm³/mol. The van der Waals surface area contributed by atoms with Crippen molar-refractivity contribution in [2.24, 2.45) is 0 Å². The second-order valence-electron chi connectivity index (χ2n) is 4.35. The van der Waals surface area contributed by atoms with Gasteiger partial charge < -0.3 is 9.05 Å². The Bertz CT molecular complexity index is 663. The zero-order valence-corrected chi connectivity index (χ0v) is 12.9. The lowest BCUT2D eigenvalue weighted by molar-refractivity contribution is 0.271. The molecule has 0 amide bonds. The Balaban J connectivity index is 2.43. The van der Waals surface area contributed by atoms with Crippen LogP contribution in [0.25, 0.3) is 0 Å². The third-order valence-electron chi connectivity index (χ3n) is 3.07. The molecule has 0 radical (unpaired) electrons. The van der Waals surface area contributed by atoms with Gasteiger partial charge in [-0.2, -0.15) is 0 Å². The first kappa shape index (κ1) is 15.5. The number of hydrogen-bond acceptors (Lipinski definition) is 3. The Kier molecular flexibility index (Phi) is 5.36. The summed E-state index contributed by atoms with van der Waals surface area (Å²) in [5.74, 6) is 6.07. The fourth-order valence-corrected chi connectivity index (χ4v) is 3.27. The summed E-state index contributed by atoms with van der Waals surface area (Å²) < 4.78 is 23.0. The Labute approximate surface area is 125 Å². The van der Waals surface area contributed by atoms with Crippen molar-refractivity contribution in [1.82, 2.24) is 0 Å². The smallest absolute Gasteiger partial charge is 0.311 e. The van der Waals surface area contributed by atoms with Gasteiger partial charge in [-0.1, -0.05) is 60.4 Å². The number of rotatable bonds is 4. The highest BCUT2D eigenvalue weighted by Crippen LogP contribution is 2.59. The van der Waals surface area contributed by atoms with Gasteiger partial charge in [0, 0.05) is 19.8 Å². The highest BCUT2D eigenvalue weighted by atomic mass is 31.2. The van der Waals surface area contributed by atoms with E-state index in [0.29, 0.717) is 0 Å². The van der Waals surface area contributed by atoms with E-state index in [4.69, 9.17) is 9.05 Å². The van der Waals surface area contributed by atoms with Crippen LogP contribution in [0.15, 0.2) is 60.7 Å². The molecule has 0 aliphatic carbocycles. The number of benzene rings is 2. The average Bonchev–Trinajstić information content (AvgIpc) is 2.56. The molecule has 0 aliphatic heterocycles. The minimum atomic E-state index is -3.32. The first-order valence-corrected chi connectivity index (χ1v) is 8.13. The first-order valence-electron chi connectivity index (χ1n) is 6.52. The van der Waals surface area contributed by atoms with Gasteiger partial charge in [-0.05, 0) is 17.7 Å². The van der Waals surface area contributed by atoms with Gasteiger partial charge in [0.05, 0.1) is 0 Å². The first-order chi connectivity index (χ1) is 10.2. The van der Waals surface area contributed by atoms with Crippen molar-refractivity contribution in [3.63, 3.8) is 0 Å². The van der Waals surface area contributed by atoms with Crippen molar-refractivity contribution in [1.29, 1.82) is 0 Å². The van der Waals surface area contributed by atoms with E-state index in [0.717, 1.165) is 11.1 Å². The van der Waals surface area contributed by atoms with Gasteiger partial charge in [0.15, 0.2) is 0 Å². The van der Waals surface area contributed by atoms with Gasteiger partial charge in [-0.3, -0.25) is 4.57 Å². The summed E-state index contributed by atoms with van der Waals surface area (Å²) >= 11 is 0. The SMILES string of the molecule is COP(=O)(OC)C(C#Cc1ccccc1)c1ccccc1. The van der Waals surface area contributed by atoms with E-state index in [1.807, 2.05) is 60.7 Å². The van der Waals surface area contributed by atoms with Crippen LogP contribution in [0.3, 0.4) is 0 Å². The summed E-state index contributed by atoms with van der Waals surface area (Å²) in [6, 6.07) is 18.9. The zero-order valence-electron chi connectivity index (χ0n) is 12.0. The lowest BCUT2D eigenvalue weighted by Crippen LogP contribution is -2.01. The van der Waals surface area contributed by atoms with Crippen molar-refractivity contribution in [3.05, 3.63) is 71.8 Å². The maximum atomic E-state index is 12.7. The van der Waals surface area contributed by atoms with Gasteiger partial charge >= 0.3 is 7.60 Å². The van der Waals surface area contributed by atoms with E-state index in [1.54, 1.807) is 0 Å². The van der Waals surface area contributed by atoms with Crippen molar-refractivity contribution < 1.29 is 13.6 Å². The van der Waals surface area contributed by atoms with Crippen molar-refractivity contribution in [2.45, 2.75) is 5.66 Å². The van der Waals surface area contributed by atoms with E-state index in [9.17, 15) is 4.57 Å². The highest BCUT2D eigenvalue weighted by molar-refractivity contribution is 7.54. The summed E-state index contributed by atoms with van der Waals surface area (Å²) in [4.78, 5) is 0. The van der Waals surface area contributed by atoms with Crippen LogP contribution in [0.1, 0.15) is 16.8 Å².